The average molecular weight is 442 g/mol. The number of hydrogen-bond acceptors (Lipinski definition) is 5. The van der Waals surface area contributed by atoms with Crippen LogP contribution in [0.2, 0.25) is 5.02 Å². The van der Waals surface area contributed by atoms with E-state index >= 15 is 0 Å². The number of halogens is 5. The quantitative estimate of drug-likeness (QED) is 0.543. The van der Waals surface area contributed by atoms with Crippen molar-refractivity contribution in [3.63, 3.8) is 0 Å². The van der Waals surface area contributed by atoms with E-state index in [1.54, 1.807) is 0 Å². The van der Waals surface area contributed by atoms with Gasteiger partial charge in [0.25, 0.3) is 12.4 Å². The zero-order chi connectivity index (χ0) is 21.6. The van der Waals surface area contributed by atoms with E-state index in [-0.39, 0.29) is 40.2 Å². The van der Waals surface area contributed by atoms with E-state index in [0.29, 0.717) is 0 Å². The molecule has 1 aromatic carbocycles. The van der Waals surface area contributed by atoms with Crippen molar-refractivity contribution < 1.29 is 27.1 Å². The van der Waals surface area contributed by atoms with Crippen LogP contribution in [0.5, 0.6) is 0 Å². The Kier molecular flexibility index (Phi) is 5.17. The summed E-state index contributed by atoms with van der Waals surface area (Å²) in [5.41, 5.74) is 3.18. The Morgan fingerprint density at radius 1 is 1.37 bits per heavy atom. The Morgan fingerprint density at radius 2 is 2.13 bits per heavy atom. The molecule has 5 nitrogen and oxygen atoms in total. The number of aromatic nitrogens is 1. The van der Waals surface area contributed by atoms with Crippen LogP contribution >= 0.6 is 11.6 Å². The van der Waals surface area contributed by atoms with Gasteiger partial charge in [0, 0.05) is 29.7 Å². The predicted octanol–water partition coefficient (Wildman–Crippen LogP) is 3.96. The topological polar surface area (TPSA) is 77.6 Å². The largest absolute Gasteiger partial charge is 0.462 e. The average Bonchev–Trinajstić information content (AvgIpc) is 3.48. The van der Waals surface area contributed by atoms with Crippen LogP contribution in [0.1, 0.15) is 33.6 Å². The highest BCUT2D eigenvalue weighted by molar-refractivity contribution is 6.30. The van der Waals surface area contributed by atoms with Crippen molar-refractivity contribution in [3.8, 4) is 0 Å². The highest BCUT2D eigenvalue weighted by atomic mass is 35.5. The maximum atomic E-state index is 14.7. The standard InChI is InChI=1S/C20H16ClF4N3O2/c21-11-5-10(7-22)17(27-8-11)15(29)4-9-1-2-14(23)12(3-9)20(18(24)25)13-6-16(13)30-19(26)28-20/h1-3,5,8,13,16,18H,4,6-7H2,(H2,26,28)/t13-,16+,20+/m0/s1. The van der Waals surface area contributed by atoms with Crippen LogP contribution in [0.4, 0.5) is 17.6 Å². The van der Waals surface area contributed by atoms with E-state index in [1.807, 2.05) is 0 Å². The summed E-state index contributed by atoms with van der Waals surface area (Å²) in [5.74, 6) is -2.16. The second kappa shape index (κ2) is 7.54. The molecule has 1 aliphatic carbocycles. The minimum atomic E-state index is -3.04. The minimum Gasteiger partial charge on any atom is -0.462 e. The number of fused-ring (bicyclic) bond motifs is 1. The third-order valence-electron chi connectivity index (χ3n) is 5.37. The lowest BCUT2D eigenvalue weighted by Crippen LogP contribution is -2.43. The van der Waals surface area contributed by atoms with Crippen molar-refractivity contribution in [2.75, 3.05) is 0 Å². The van der Waals surface area contributed by atoms with Gasteiger partial charge < -0.3 is 10.5 Å². The molecule has 1 aromatic heterocycles. The van der Waals surface area contributed by atoms with Crippen molar-refractivity contribution in [2.24, 2.45) is 16.6 Å². The molecule has 30 heavy (non-hydrogen) atoms. The molecular formula is C20H16ClF4N3O2. The molecule has 0 bridgehead atoms. The molecule has 2 aromatic rings. The van der Waals surface area contributed by atoms with Gasteiger partial charge in [0.2, 0.25) is 0 Å². The molecule has 0 unspecified atom stereocenters. The molecule has 3 atom stereocenters. The van der Waals surface area contributed by atoms with Gasteiger partial charge in [-0.2, -0.15) is 0 Å². The number of nitrogens with two attached hydrogens (primary N) is 1. The fourth-order valence-corrected chi connectivity index (χ4v) is 4.07. The molecule has 2 heterocycles. The summed E-state index contributed by atoms with van der Waals surface area (Å²) >= 11 is 5.77. The summed E-state index contributed by atoms with van der Waals surface area (Å²) < 4.78 is 61.4. The number of Topliss-reactive ketones (excluding diaryl/α,β-unsaturated/α-hetero) is 1. The first-order valence-corrected chi connectivity index (χ1v) is 9.46. The Labute approximate surface area is 173 Å². The van der Waals surface area contributed by atoms with Crippen LogP contribution in [-0.4, -0.2) is 29.3 Å². The highest BCUT2D eigenvalue weighted by Gasteiger charge is 2.64. The number of benzene rings is 1. The number of pyridine rings is 1. The SMILES string of the molecule is NC1=N[C@@](c2cc(CC(=O)c3ncc(Cl)cc3CF)ccc2F)(C(F)F)[C@H]2C[C@H]2O1. The second-order valence-corrected chi connectivity index (χ2v) is 7.72. The fourth-order valence-electron chi connectivity index (χ4n) is 3.89. The minimum absolute atomic E-state index is 0.0153. The van der Waals surface area contributed by atoms with Crippen LogP contribution in [0, 0.1) is 11.7 Å². The maximum absolute atomic E-state index is 14.7. The first kappa shape index (κ1) is 20.6. The molecule has 1 fully saturated rings. The number of hydrogen-bond donors (Lipinski definition) is 1. The van der Waals surface area contributed by atoms with E-state index in [1.165, 1.54) is 24.4 Å². The Morgan fingerprint density at radius 3 is 2.83 bits per heavy atom. The predicted molar refractivity (Wildman–Crippen MR) is 101 cm³/mol. The number of nitrogens with zero attached hydrogens (tertiary/aromatic N) is 2. The molecule has 0 spiro atoms. The number of aliphatic imine (C=N–C) groups is 1. The molecule has 1 aliphatic heterocycles. The first-order valence-electron chi connectivity index (χ1n) is 9.09. The number of carbonyl (C=O) groups excluding carboxylic acids is 1. The number of amidine groups is 1. The molecule has 10 heteroatoms. The zero-order valence-corrected chi connectivity index (χ0v) is 16.2. The molecule has 158 valence electrons. The molecule has 1 saturated carbocycles. The molecular weight excluding hydrogens is 426 g/mol. The van der Waals surface area contributed by atoms with Crippen molar-refractivity contribution in [3.05, 3.63) is 63.7 Å². The lowest BCUT2D eigenvalue weighted by atomic mass is 9.83. The summed E-state index contributed by atoms with van der Waals surface area (Å²) in [5, 5.41) is 0.177. The van der Waals surface area contributed by atoms with Crippen LogP contribution in [-0.2, 0) is 23.4 Å². The summed E-state index contributed by atoms with van der Waals surface area (Å²) in [6, 6.07) is 4.36. The van der Waals surface area contributed by atoms with E-state index in [2.05, 4.69) is 9.98 Å². The molecule has 0 radical (unpaired) electrons. The highest BCUT2D eigenvalue weighted by Crippen LogP contribution is 2.56. The van der Waals surface area contributed by atoms with Gasteiger partial charge >= 0.3 is 0 Å². The molecule has 0 saturated heterocycles. The number of alkyl halides is 3. The smallest absolute Gasteiger partial charge is 0.283 e. The molecule has 4 rings (SSSR count). The monoisotopic (exact) mass is 441 g/mol. The Hall–Kier alpha value is -2.68. The van der Waals surface area contributed by atoms with E-state index < -0.39 is 48.3 Å². The number of ether oxygens (including phenoxy) is 1. The lowest BCUT2D eigenvalue weighted by Gasteiger charge is -2.33. The third-order valence-corrected chi connectivity index (χ3v) is 5.57. The van der Waals surface area contributed by atoms with Gasteiger partial charge in [-0.05, 0) is 30.2 Å². The number of carbonyl (C=O) groups is 1. The third kappa shape index (κ3) is 3.40. The Balaban J connectivity index is 1.71. The summed E-state index contributed by atoms with van der Waals surface area (Å²) in [7, 11) is 0. The van der Waals surface area contributed by atoms with Crippen LogP contribution < -0.4 is 5.73 Å². The summed E-state index contributed by atoms with van der Waals surface area (Å²) in [6.07, 6.45) is -2.40. The number of ketones is 1. The van der Waals surface area contributed by atoms with Gasteiger partial charge in [0.15, 0.2) is 11.3 Å². The fraction of sp³-hybridized carbons (Fsp3) is 0.350. The molecule has 2 N–H and O–H groups in total. The van der Waals surface area contributed by atoms with Crippen LogP contribution in [0.15, 0.2) is 35.5 Å². The first-order chi connectivity index (χ1) is 14.3. The lowest BCUT2D eigenvalue weighted by molar-refractivity contribution is 0.0176. The van der Waals surface area contributed by atoms with Gasteiger partial charge in [0.1, 0.15) is 24.3 Å². The van der Waals surface area contributed by atoms with E-state index in [4.69, 9.17) is 22.1 Å². The van der Waals surface area contributed by atoms with Crippen LogP contribution in [0.3, 0.4) is 0 Å². The van der Waals surface area contributed by atoms with Gasteiger partial charge in [-0.25, -0.2) is 22.6 Å². The van der Waals surface area contributed by atoms with Gasteiger partial charge in [-0.15, -0.1) is 0 Å². The summed E-state index contributed by atoms with van der Waals surface area (Å²) in [4.78, 5) is 20.3. The van der Waals surface area contributed by atoms with Crippen LogP contribution in [0.25, 0.3) is 0 Å². The Bertz CT molecular complexity index is 1050. The normalized spacial score (nSPS) is 24.8. The van der Waals surface area contributed by atoms with Crippen molar-refractivity contribution >= 4 is 23.4 Å². The maximum Gasteiger partial charge on any atom is 0.283 e. The van der Waals surface area contributed by atoms with E-state index in [9.17, 15) is 22.4 Å². The second-order valence-electron chi connectivity index (χ2n) is 7.28. The molecule has 2 aliphatic rings. The zero-order valence-electron chi connectivity index (χ0n) is 15.4. The number of rotatable bonds is 6. The van der Waals surface area contributed by atoms with Gasteiger partial charge in [-0.3, -0.25) is 9.78 Å². The van der Waals surface area contributed by atoms with Crippen molar-refractivity contribution in [1.29, 1.82) is 0 Å². The van der Waals surface area contributed by atoms with Gasteiger partial charge in [-0.1, -0.05) is 17.7 Å². The van der Waals surface area contributed by atoms with Crippen molar-refractivity contribution in [2.45, 2.75) is 37.6 Å². The molecule has 0 amide bonds. The van der Waals surface area contributed by atoms with Gasteiger partial charge in [0.05, 0.1) is 5.02 Å². The van der Waals surface area contributed by atoms with Crippen molar-refractivity contribution in [1.82, 2.24) is 4.98 Å². The summed E-state index contributed by atoms with van der Waals surface area (Å²) in [6.45, 7) is -0.950. The van der Waals surface area contributed by atoms with E-state index in [0.717, 1.165) is 6.07 Å².